The van der Waals surface area contributed by atoms with E-state index < -0.39 is 0 Å². The van der Waals surface area contributed by atoms with Crippen molar-refractivity contribution < 1.29 is 9.59 Å². The van der Waals surface area contributed by atoms with Crippen molar-refractivity contribution in [2.75, 3.05) is 13.1 Å². The highest BCUT2D eigenvalue weighted by Crippen LogP contribution is 2.18. The Morgan fingerprint density at radius 3 is 2.53 bits per heavy atom. The van der Waals surface area contributed by atoms with Crippen molar-refractivity contribution in [3.8, 4) is 6.07 Å². The molecule has 1 fully saturated rings. The van der Waals surface area contributed by atoms with Crippen LogP contribution in [0.3, 0.4) is 0 Å². The van der Waals surface area contributed by atoms with E-state index in [0.29, 0.717) is 31.5 Å². The number of primary amides is 1. The molecular formula is C13H14N4O2. The van der Waals surface area contributed by atoms with Gasteiger partial charge in [-0.05, 0) is 25.0 Å². The summed E-state index contributed by atoms with van der Waals surface area (Å²) in [6, 6.07) is 5.01. The largest absolute Gasteiger partial charge is 0.369 e. The van der Waals surface area contributed by atoms with Crippen LogP contribution in [0, 0.1) is 17.2 Å². The van der Waals surface area contributed by atoms with Crippen molar-refractivity contribution in [3.63, 3.8) is 0 Å². The van der Waals surface area contributed by atoms with E-state index in [9.17, 15) is 9.59 Å². The molecule has 19 heavy (non-hydrogen) atoms. The van der Waals surface area contributed by atoms with Gasteiger partial charge in [0.15, 0.2) is 0 Å². The number of likely N-dealkylation sites (tertiary alicyclic amines) is 1. The van der Waals surface area contributed by atoms with Crippen LogP contribution in [0.25, 0.3) is 0 Å². The topological polar surface area (TPSA) is 100 Å². The monoisotopic (exact) mass is 258 g/mol. The van der Waals surface area contributed by atoms with Crippen molar-refractivity contribution >= 4 is 11.8 Å². The van der Waals surface area contributed by atoms with Crippen LogP contribution in [-0.2, 0) is 4.79 Å². The fourth-order valence-electron chi connectivity index (χ4n) is 2.14. The van der Waals surface area contributed by atoms with Crippen molar-refractivity contribution in [1.82, 2.24) is 9.88 Å². The van der Waals surface area contributed by atoms with Crippen LogP contribution in [0.4, 0.5) is 0 Å². The van der Waals surface area contributed by atoms with Gasteiger partial charge in [0.05, 0.1) is 5.56 Å². The number of aromatic nitrogens is 1. The predicted octanol–water partition coefficient (Wildman–Crippen LogP) is 0.291. The molecule has 0 radical (unpaired) electrons. The van der Waals surface area contributed by atoms with Gasteiger partial charge in [-0.1, -0.05) is 0 Å². The summed E-state index contributed by atoms with van der Waals surface area (Å²) in [5, 5.41) is 8.65. The number of rotatable bonds is 2. The number of amides is 2. The molecule has 98 valence electrons. The summed E-state index contributed by atoms with van der Waals surface area (Å²) in [4.78, 5) is 28.8. The molecule has 2 rings (SSSR count). The van der Waals surface area contributed by atoms with Gasteiger partial charge in [0.1, 0.15) is 11.8 Å². The lowest BCUT2D eigenvalue weighted by Crippen LogP contribution is -2.41. The standard InChI is InChI=1S/C13H14N4O2/c14-7-11-2-1-10(8-16-11)13(19)17-5-3-9(4-6-17)12(15)18/h1-2,8-9H,3-6H2,(H2,15,18). The molecule has 1 aliphatic rings. The molecule has 0 aromatic carbocycles. The fourth-order valence-corrected chi connectivity index (χ4v) is 2.14. The second-order valence-electron chi connectivity index (χ2n) is 4.51. The molecule has 2 heterocycles. The SMILES string of the molecule is N#Cc1ccc(C(=O)N2CCC(C(N)=O)CC2)cn1. The normalized spacial score (nSPS) is 15.8. The molecule has 2 amide bonds. The summed E-state index contributed by atoms with van der Waals surface area (Å²) in [5.74, 6) is -0.560. The maximum Gasteiger partial charge on any atom is 0.255 e. The van der Waals surface area contributed by atoms with Crippen LogP contribution < -0.4 is 5.73 Å². The summed E-state index contributed by atoms with van der Waals surface area (Å²) in [7, 11) is 0. The zero-order chi connectivity index (χ0) is 13.8. The number of pyridine rings is 1. The Kier molecular flexibility index (Phi) is 3.76. The molecule has 0 atom stereocenters. The Labute approximate surface area is 110 Å². The number of hydrogen-bond donors (Lipinski definition) is 1. The second kappa shape index (κ2) is 5.48. The van der Waals surface area contributed by atoms with Crippen molar-refractivity contribution in [1.29, 1.82) is 5.26 Å². The van der Waals surface area contributed by atoms with E-state index in [2.05, 4.69) is 4.98 Å². The molecule has 1 aromatic rings. The molecule has 0 saturated carbocycles. The van der Waals surface area contributed by atoms with Crippen LogP contribution in [0.2, 0.25) is 0 Å². The molecule has 6 nitrogen and oxygen atoms in total. The van der Waals surface area contributed by atoms with Gasteiger partial charge in [-0.15, -0.1) is 0 Å². The van der Waals surface area contributed by atoms with E-state index in [-0.39, 0.29) is 23.4 Å². The lowest BCUT2D eigenvalue weighted by molar-refractivity contribution is -0.123. The lowest BCUT2D eigenvalue weighted by Gasteiger charge is -2.30. The number of carbonyl (C=O) groups is 2. The van der Waals surface area contributed by atoms with E-state index in [1.165, 1.54) is 12.3 Å². The molecule has 0 bridgehead atoms. The van der Waals surface area contributed by atoms with Crippen molar-refractivity contribution in [2.45, 2.75) is 12.8 Å². The number of piperidine rings is 1. The van der Waals surface area contributed by atoms with E-state index in [4.69, 9.17) is 11.0 Å². The van der Waals surface area contributed by atoms with E-state index in [1.807, 2.05) is 6.07 Å². The second-order valence-corrected chi connectivity index (χ2v) is 4.51. The first-order chi connectivity index (χ1) is 9.11. The minimum atomic E-state index is -0.299. The molecule has 1 aliphatic heterocycles. The lowest BCUT2D eigenvalue weighted by atomic mass is 9.96. The first-order valence-electron chi connectivity index (χ1n) is 6.06. The summed E-state index contributed by atoms with van der Waals surface area (Å²) < 4.78 is 0. The van der Waals surface area contributed by atoms with Gasteiger partial charge < -0.3 is 10.6 Å². The molecule has 1 aromatic heterocycles. The average molecular weight is 258 g/mol. The summed E-state index contributed by atoms with van der Waals surface area (Å²) in [6.07, 6.45) is 2.61. The van der Waals surface area contributed by atoms with Gasteiger partial charge in [0.25, 0.3) is 5.91 Å². The molecule has 1 saturated heterocycles. The zero-order valence-electron chi connectivity index (χ0n) is 10.4. The minimum absolute atomic E-state index is 0.125. The van der Waals surface area contributed by atoms with Crippen LogP contribution in [0.5, 0.6) is 0 Å². The number of nitriles is 1. The van der Waals surface area contributed by atoms with Gasteiger partial charge in [-0.25, -0.2) is 4.98 Å². The van der Waals surface area contributed by atoms with Gasteiger partial charge in [0.2, 0.25) is 5.91 Å². The third-order valence-electron chi connectivity index (χ3n) is 3.31. The molecule has 0 unspecified atom stereocenters. The Balaban J connectivity index is 2.01. The number of nitrogens with two attached hydrogens (primary N) is 1. The van der Waals surface area contributed by atoms with Gasteiger partial charge in [-0.3, -0.25) is 9.59 Å². The highest BCUT2D eigenvalue weighted by atomic mass is 16.2. The third-order valence-corrected chi connectivity index (χ3v) is 3.31. The molecule has 6 heteroatoms. The predicted molar refractivity (Wildman–Crippen MR) is 66.8 cm³/mol. The fraction of sp³-hybridized carbons (Fsp3) is 0.385. The highest BCUT2D eigenvalue weighted by molar-refractivity contribution is 5.94. The first kappa shape index (κ1) is 13.0. The van der Waals surface area contributed by atoms with Gasteiger partial charge in [-0.2, -0.15) is 5.26 Å². The quantitative estimate of drug-likeness (QED) is 0.823. The van der Waals surface area contributed by atoms with Crippen molar-refractivity contribution in [3.05, 3.63) is 29.6 Å². The smallest absolute Gasteiger partial charge is 0.255 e. The Bertz CT molecular complexity index is 525. The van der Waals surface area contributed by atoms with Crippen LogP contribution in [-0.4, -0.2) is 34.8 Å². The number of nitrogens with zero attached hydrogens (tertiary/aromatic N) is 3. The van der Waals surface area contributed by atoms with Crippen LogP contribution >= 0.6 is 0 Å². The first-order valence-corrected chi connectivity index (χ1v) is 6.06. The molecular weight excluding hydrogens is 244 g/mol. The maximum absolute atomic E-state index is 12.2. The summed E-state index contributed by atoms with van der Waals surface area (Å²) in [6.45, 7) is 1.04. The van der Waals surface area contributed by atoms with Gasteiger partial charge in [0, 0.05) is 25.2 Å². The minimum Gasteiger partial charge on any atom is -0.369 e. The van der Waals surface area contributed by atoms with Gasteiger partial charge >= 0.3 is 0 Å². The van der Waals surface area contributed by atoms with E-state index in [0.717, 1.165) is 0 Å². The number of carbonyl (C=O) groups excluding carboxylic acids is 2. The third kappa shape index (κ3) is 2.88. The number of hydrogen-bond acceptors (Lipinski definition) is 4. The zero-order valence-corrected chi connectivity index (χ0v) is 10.4. The van der Waals surface area contributed by atoms with E-state index in [1.54, 1.807) is 11.0 Å². The summed E-state index contributed by atoms with van der Waals surface area (Å²) in [5.41, 5.74) is 5.99. The highest BCUT2D eigenvalue weighted by Gasteiger charge is 2.26. The maximum atomic E-state index is 12.2. The molecule has 2 N–H and O–H groups in total. The van der Waals surface area contributed by atoms with E-state index >= 15 is 0 Å². The van der Waals surface area contributed by atoms with Crippen LogP contribution in [0.1, 0.15) is 28.9 Å². The summed E-state index contributed by atoms with van der Waals surface area (Å²) >= 11 is 0. The molecule has 0 spiro atoms. The van der Waals surface area contributed by atoms with Crippen LogP contribution in [0.15, 0.2) is 18.3 Å². The molecule has 0 aliphatic carbocycles. The Morgan fingerprint density at radius 1 is 1.37 bits per heavy atom. The Morgan fingerprint density at radius 2 is 2.05 bits per heavy atom. The average Bonchev–Trinajstić information content (AvgIpc) is 2.46. The van der Waals surface area contributed by atoms with Crippen molar-refractivity contribution in [2.24, 2.45) is 11.7 Å². The Hall–Kier alpha value is -2.42.